The Balaban J connectivity index is 2.35. The number of aryl methyl sites for hydroxylation is 1. The van der Waals surface area contributed by atoms with Crippen LogP contribution in [0.1, 0.15) is 84.5 Å². The monoisotopic (exact) mass is 362 g/mol. The van der Waals surface area contributed by atoms with Gasteiger partial charge in [-0.2, -0.15) is 0 Å². The van der Waals surface area contributed by atoms with Crippen LogP contribution in [0.4, 0.5) is 0 Å². The van der Waals surface area contributed by atoms with Gasteiger partial charge in [-0.3, -0.25) is 9.59 Å². The molecular formula is C20H30N2O4. The lowest BCUT2D eigenvalue weighted by Gasteiger charge is -2.38. The number of methoxy groups -OCH3 is 1. The van der Waals surface area contributed by atoms with Gasteiger partial charge in [0.1, 0.15) is 5.69 Å². The summed E-state index contributed by atoms with van der Waals surface area (Å²) in [4.78, 5) is 42.5. The fourth-order valence-corrected chi connectivity index (χ4v) is 4.04. The molecule has 1 amide bonds. The number of aromatic nitrogens is 1. The molecule has 1 saturated carbocycles. The minimum Gasteiger partial charge on any atom is -0.464 e. The molecule has 0 spiro atoms. The molecule has 1 aromatic heterocycles. The Labute approximate surface area is 155 Å². The highest BCUT2D eigenvalue weighted by molar-refractivity contribution is 6.06. The summed E-state index contributed by atoms with van der Waals surface area (Å²) in [5, 5.41) is 0. The second-order valence-corrected chi connectivity index (χ2v) is 7.10. The van der Waals surface area contributed by atoms with Crippen molar-refractivity contribution in [3.05, 3.63) is 22.5 Å². The van der Waals surface area contributed by atoms with Gasteiger partial charge in [-0.15, -0.1) is 0 Å². The zero-order valence-electron chi connectivity index (χ0n) is 16.5. The lowest BCUT2D eigenvalue weighted by Crippen LogP contribution is -2.50. The topological polar surface area (TPSA) is 79.5 Å². The Bertz CT molecular complexity index is 686. The van der Waals surface area contributed by atoms with Crippen molar-refractivity contribution >= 4 is 17.7 Å². The van der Waals surface area contributed by atoms with Crippen molar-refractivity contribution in [3.8, 4) is 0 Å². The first-order valence-corrected chi connectivity index (χ1v) is 9.46. The van der Waals surface area contributed by atoms with Crippen molar-refractivity contribution in [1.82, 2.24) is 9.88 Å². The van der Waals surface area contributed by atoms with Crippen LogP contribution in [-0.2, 0) is 9.53 Å². The molecule has 1 N–H and O–H groups in total. The van der Waals surface area contributed by atoms with Crippen LogP contribution >= 0.6 is 0 Å². The second-order valence-electron chi connectivity index (χ2n) is 7.10. The van der Waals surface area contributed by atoms with Crippen LogP contribution in [0.25, 0.3) is 0 Å². The lowest BCUT2D eigenvalue weighted by atomic mass is 9.91. The number of ether oxygens (including phenoxy) is 1. The number of hydrogen-bond donors (Lipinski definition) is 1. The number of carbonyl (C=O) groups is 3. The normalized spacial score (nSPS) is 16.2. The SMILES string of the molecule is CCC(=O)N(C1CCCCC1)[C@H](C)C(=O)c1c(C)[nH]c(C(=O)OC)c1C. The van der Waals surface area contributed by atoms with Gasteiger partial charge in [-0.25, -0.2) is 4.79 Å². The van der Waals surface area contributed by atoms with E-state index in [-0.39, 0.29) is 17.7 Å². The van der Waals surface area contributed by atoms with Crippen molar-refractivity contribution in [1.29, 1.82) is 0 Å². The van der Waals surface area contributed by atoms with Crippen LogP contribution < -0.4 is 0 Å². The number of Topliss-reactive ketones (excluding diaryl/α,β-unsaturated/α-hetero) is 1. The van der Waals surface area contributed by atoms with E-state index in [4.69, 9.17) is 4.74 Å². The molecule has 1 aliphatic rings. The number of esters is 1. The second kappa shape index (κ2) is 8.52. The lowest BCUT2D eigenvalue weighted by molar-refractivity contribution is -0.135. The van der Waals surface area contributed by atoms with Crippen LogP contribution in [0.5, 0.6) is 0 Å². The van der Waals surface area contributed by atoms with Crippen LogP contribution in [0, 0.1) is 13.8 Å². The van der Waals surface area contributed by atoms with Crippen LogP contribution in [-0.4, -0.2) is 46.7 Å². The van der Waals surface area contributed by atoms with E-state index in [1.165, 1.54) is 13.5 Å². The van der Waals surface area contributed by atoms with E-state index in [1.54, 1.807) is 25.7 Å². The smallest absolute Gasteiger partial charge is 0.354 e. The number of rotatable bonds is 6. The van der Waals surface area contributed by atoms with E-state index in [0.29, 0.717) is 28.9 Å². The van der Waals surface area contributed by atoms with Crippen LogP contribution in [0.2, 0.25) is 0 Å². The average molecular weight is 362 g/mol. The minimum atomic E-state index is -0.552. The van der Waals surface area contributed by atoms with Crippen molar-refractivity contribution in [2.24, 2.45) is 0 Å². The minimum absolute atomic E-state index is 0.0109. The third-order valence-electron chi connectivity index (χ3n) is 5.43. The average Bonchev–Trinajstić information content (AvgIpc) is 2.95. The van der Waals surface area contributed by atoms with Crippen LogP contribution in [0.15, 0.2) is 0 Å². The third kappa shape index (κ3) is 3.84. The molecule has 2 rings (SSSR count). The molecule has 144 valence electrons. The number of H-pyrrole nitrogens is 1. The molecule has 26 heavy (non-hydrogen) atoms. The van der Waals surface area contributed by atoms with E-state index in [2.05, 4.69) is 4.98 Å². The van der Waals surface area contributed by atoms with Gasteiger partial charge in [-0.1, -0.05) is 26.2 Å². The Morgan fingerprint density at radius 3 is 2.35 bits per heavy atom. The first kappa shape index (κ1) is 20.2. The molecular weight excluding hydrogens is 332 g/mol. The van der Waals surface area contributed by atoms with Crippen LogP contribution in [0.3, 0.4) is 0 Å². The van der Waals surface area contributed by atoms with Gasteiger partial charge in [0.2, 0.25) is 5.91 Å². The molecule has 0 saturated heterocycles. The fourth-order valence-electron chi connectivity index (χ4n) is 4.04. The number of nitrogens with zero attached hydrogens (tertiary/aromatic N) is 1. The Hall–Kier alpha value is -2.11. The Morgan fingerprint density at radius 2 is 1.81 bits per heavy atom. The predicted molar refractivity (Wildman–Crippen MR) is 99.4 cm³/mol. The zero-order chi connectivity index (χ0) is 19.4. The summed E-state index contributed by atoms with van der Waals surface area (Å²) in [5.74, 6) is -0.610. The maximum absolute atomic E-state index is 13.2. The first-order chi connectivity index (χ1) is 12.3. The number of carbonyl (C=O) groups excluding carboxylic acids is 3. The van der Waals surface area contributed by atoms with E-state index >= 15 is 0 Å². The molecule has 1 aromatic rings. The summed E-state index contributed by atoms with van der Waals surface area (Å²) in [6.45, 7) is 7.14. The van der Waals surface area contributed by atoms with Gasteiger partial charge < -0.3 is 14.6 Å². The predicted octanol–water partition coefficient (Wildman–Crippen LogP) is 3.56. The Kier molecular flexibility index (Phi) is 6.62. The van der Waals surface area contributed by atoms with E-state index in [0.717, 1.165) is 25.7 Å². The van der Waals surface area contributed by atoms with Crippen molar-refractivity contribution in [2.45, 2.75) is 78.3 Å². The molecule has 0 aromatic carbocycles. The molecule has 0 unspecified atom stereocenters. The molecule has 6 heteroatoms. The van der Waals surface area contributed by atoms with E-state index in [9.17, 15) is 14.4 Å². The summed E-state index contributed by atoms with van der Waals surface area (Å²) in [7, 11) is 1.31. The number of amides is 1. The van der Waals surface area contributed by atoms with Crippen molar-refractivity contribution < 1.29 is 19.1 Å². The highest BCUT2D eigenvalue weighted by atomic mass is 16.5. The molecule has 0 bridgehead atoms. The van der Waals surface area contributed by atoms with Gasteiger partial charge in [0, 0.05) is 23.7 Å². The number of nitrogens with one attached hydrogen (secondary N) is 1. The maximum atomic E-state index is 13.2. The number of ketones is 1. The number of hydrogen-bond acceptors (Lipinski definition) is 4. The van der Waals surface area contributed by atoms with E-state index < -0.39 is 12.0 Å². The largest absolute Gasteiger partial charge is 0.464 e. The molecule has 6 nitrogen and oxygen atoms in total. The highest BCUT2D eigenvalue weighted by Crippen LogP contribution is 2.28. The molecule has 0 aliphatic heterocycles. The highest BCUT2D eigenvalue weighted by Gasteiger charge is 2.34. The Morgan fingerprint density at radius 1 is 1.19 bits per heavy atom. The molecule has 1 heterocycles. The summed E-state index contributed by atoms with van der Waals surface area (Å²) in [6.07, 6.45) is 5.64. The summed E-state index contributed by atoms with van der Waals surface area (Å²) >= 11 is 0. The number of aromatic amines is 1. The summed E-state index contributed by atoms with van der Waals surface area (Å²) in [6, 6.07) is -0.431. The van der Waals surface area contributed by atoms with Gasteiger partial charge in [0.15, 0.2) is 5.78 Å². The van der Waals surface area contributed by atoms with Crippen molar-refractivity contribution in [3.63, 3.8) is 0 Å². The first-order valence-electron chi connectivity index (χ1n) is 9.46. The van der Waals surface area contributed by atoms with Crippen molar-refractivity contribution in [2.75, 3.05) is 7.11 Å². The van der Waals surface area contributed by atoms with E-state index in [1.807, 2.05) is 6.92 Å². The molecule has 1 aliphatic carbocycles. The standard InChI is InChI=1S/C20H30N2O4/c1-6-16(23)22(15-10-8-7-9-11-15)14(4)19(24)17-12(2)18(20(25)26-5)21-13(17)3/h14-15,21H,6-11H2,1-5H3/t14-/m1/s1. The third-order valence-corrected chi connectivity index (χ3v) is 5.43. The molecule has 1 atom stereocenters. The zero-order valence-corrected chi connectivity index (χ0v) is 16.5. The quantitative estimate of drug-likeness (QED) is 0.620. The molecule has 1 fully saturated rings. The van der Waals surface area contributed by atoms with Gasteiger partial charge in [0.05, 0.1) is 13.2 Å². The summed E-state index contributed by atoms with van der Waals surface area (Å²) in [5.41, 5.74) is 2.00. The van der Waals surface area contributed by atoms with Gasteiger partial charge in [-0.05, 0) is 39.2 Å². The maximum Gasteiger partial charge on any atom is 0.354 e. The summed E-state index contributed by atoms with van der Waals surface area (Å²) < 4.78 is 4.78. The van der Waals surface area contributed by atoms with Gasteiger partial charge >= 0.3 is 5.97 Å². The molecule has 0 radical (unpaired) electrons. The van der Waals surface area contributed by atoms with Gasteiger partial charge in [0.25, 0.3) is 0 Å². The fraction of sp³-hybridized carbons (Fsp3) is 0.650.